The van der Waals surface area contributed by atoms with Crippen LogP contribution in [0.4, 0.5) is 0 Å². The Morgan fingerprint density at radius 1 is 1.19 bits per heavy atom. The Labute approximate surface area is 168 Å². The molecule has 0 aliphatic heterocycles. The molecule has 0 radical (unpaired) electrons. The van der Waals surface area contributed by atoms with Crippen LogP contribution in [0.2, 0.25) is 10.0 Å². The number of aliphatic hydroxyl groups is 1. The van der Waals surface area contributed by atoms with E-state index in [4.69, 9.17) is 47.7 Å². The molecule has 27 heavy (non-hydrogen) atoms. The molecule has 0 bridgehead atoms. The minimum atomic E-state index is -1.82. The molecule has 154 valence electrons. The first-order valence-electron chi connectivity index (χ1n) is 8.36. The van der Waals surface area contributed by atoms with Crippen molar-refractivity contribution >= 4 is 35.1 Å². The van der Waals surface area contributed by atoms with E-state index in [2.05, 4.69) is 24.1 Å². The largest absolute Gasteiger partial charge is 0.489 e. The van der Waals surface area contributed by atoms with Crippen LogP contribution in [0.15, 0.2) is 18.2 Å². The summed E-state index contributed by atoms with van der Waals surface area (Å²) in [5.41, 5.74) is 0. The van der Waals surface area contributed by atoms with E-state index < -0.39 is 18.0 Å². The lowest BCUT2D eigenvalue weighted by molar-refractivity contribution is -0.159. The quantitative estimate of drug-likeness (QED) is 0.331. The minimum absolute atomic E-state index is 0.179. The maximum atomic E-state index is 9.87. The van der Waals surface area contributed by atoms with Crippen LogP contribution in [-0.4, -0.2) is 77.6 Å². The summed E-state index contributed by atoms with van der Waals surface area (Å²) in [6.07, 6.45) is -0.586. The molecule has 10 heteroatoms. The van der Waals surface area contributed by atoms with E-state index in [1.165, 1.54) is 0 Å². The molecule has 8 nitrogen and oxygen atoms in total. The van der Waals surface area contributed by atoms with E-state index in [-0.39, 0.29) is 6.61 Å². The van der Waals surface area contributed by atoms with Gasteiger partial charge in [-0.25, -0.2) is 9.59 Å². The van der Waals surface area contributed by atoms with Crippen molar-refractivity contribution in [3.63, 3.8) is 0 Å². The van der Waals surface area contributed by atoms with Crippen LogP contribution in [0.5, 0.6) is 5.75 Å². The minimum Gasteiger partial charge on any atom is -0.489 e. The topological polar surface area (TPSA) is 119 Å². The Bertz CT molecular complexity index is 573. The highest BCUT2D eigenvalue weighted by Gasteiger charge is 2.08. The Balaban J connectivity index is 0.000000972. The zero-order chi connectivity index (χ0) is 20.8. The number of benzene rings is 1. The molecule has 0 saturated carbocycles. The van der Waals surface area contributed by atoms with Gasteiger partial charge in [0.2, 0.25) is 0 Å². The van der Waals surface area contributed by atoms with Gasteiger partial charge < -0.3 is 30.3 Å². The normalized spacial score (nSPS) is 11.5. The number of hydrogen-bond acceptors (Lipinski definition) is 6. The standard InChI is InChI=1S/C15H24Cl2N2O2.C2H2O4/c1-3-19(4-2)8-7-18-10-13(20)11-21-15-9-12(16)5-6-14(15)17;3-1(4)2(5)6/h5-6,9,13,18,20H,3-4,7-8,10-11H2,1-2H3;(H,3,4)(H,5,6). The number of rotatable bonds is 10. The van der Waals surface area contributed by atoms with Gasteiger partial charge in [0, 0.05) is 30.7 Å². The van der Waals surface area contributed by atoms with Crippen molar-refractivity contribution in [3.05, 3.63) is 28.2 Å². The van der Waals surface area contributed by atoms with Crippen LogP contribution in [0, 0.1) is 0 Å². The third kappa shape index (κ3) is 12.4. The summed E-state index contributed by atoms with van der Waals surface area (Å²) < 4.78 is 5.48. The summed E-state index contributed by atoms with van der Waals surface area (Å²) in [6.45, 7) is 8.84. The first kappa shape index (κ1) is 25.4. The van der Waals surface area contributed by atoms with E-state index in [0.717, 1.165) is 26.2 Å². The van der Waals surface area contributed by atoms with Gasteiger partial charge in [0.05, 0.1) is 5.02 Å². The summed E-state index contributed by atoms with van der Waals surface area (Å²) in [6, 6.07) is 5.01. The molecule has 4 N–H and O–H groups in total. The molecule has 0 fully saturated rings. The molecule has 0 heterocycles. The van der Waals surface area contributed by atoms with Gasteiger partial charge in [-0.2, -0.15) is 0 Å². The number of aliphatic hydroxyl groups excluding tert-OH is 1. The number of nitrogens with zero attached hydrogens (tertiary/aromatic N) is 1. The smallest absolute Gasteiger partial charge is 0.414 e. The summed E-state index contributed by atoms with van der Waals surface area (Å²) in [5, 5.41) is 28.9. The van der Waals surface area contributed by atoms with Crippen molar-refractivity contribution in [2.75, 3.05) is 39.3 Å². The molecule has 0 aromatic heterocycles. The predicted octanol–water partition coefficient (Wildman–Crippen LogP) is 1.82. The second kappa shape index (κ2) is 14.5. The van der Waals surface area contributed by atoms with E-state index in [1.807, 2.05) is 0 Å². The third-order valence-electron chi connectivity index (χ3n) is 3.39. The lowest BCUT2D eigenvalue weighted by Crippen LogP contribution is -2.37. The number of likely N-dealkylation sites (N-methyl/N-ethyl adjacent to an activating group) is 1. The van der Waals surface area contributed by atoms with Crippen LogP contribution in [-0.2, 0) is 9.59 Å². The predicted molar refractivity (Wildman–Crippen MR) is 104 cm³/mol. The van der Waals surface area contributed by atoms with E-state index in [1.54, 1.807) is 18.2 Å². The van der Waals surface area contributed by atoms with Gasteiger partial charge in [-0.15, -0.1) is 0 Å². The summed E-state index contributed by atoms with van der Waals surface area (Å²) >= 11 is 11.9. The fourth-order valence-corrected chi connectivity index (χ4v) is 2.21. The first-order valence-corrected chi connectivity index (χ1v) is 9.11. The highest BCUT2D eigenvalue weighted by Crippen LogP contribution is 2.27. The zero-order valence-electron chi connectivity index (χ0n) is 15.3. The summed E-state index contributed by atoms with van der Waals surface area (Å²) in [5.74, 6) is -3.16. The van der Waals surface area contributed by atoms with Crippen LogP contribution in [0.25, 0.3) is 0 Å². The molecule has 1 aromatic rings. The fraction of sp³-hybridized carbons (Fsp3) is 0.529. The zero-order valence-corrected chi connectivity index (χ0v) is 16.8. The molecule has 1 rings (SSSR count). The monoisotopic (exact) mass is 424 g/mol. The van der Waals surface area contributed by atoms with Crippen molar-refractivity contribution in [3.8, 4) is 5.75 Å². The van der Waals surface area contributed by atoms with Gasteiger partial charge in [0.25, 0.3) is 0 Å². The van der Waals surface area contributed by atoms with Crippen molar-refractivity contribution in [2.45, 2.75) is 20.0 Å². The first-order chi connectivity index (χ1) is 12.7. The van der Waals surface area contributed by atoms with Crippen LogP contribution >= 0.6 is 23.2 Å². The van der Waals surface area contributed by atoms with Crippen molar-refractivity contribution in [2.24, 2.45) is 0 Å². The van der Waals surface area contributed by atoms with Crippen molar-refractivity contribution in [1.82, 2.24) is 10.2 Å². The van der Waals surface area contributed by atoms with Gasteiger partial charge in [0.1, 0.15) is 18.5 Å². The number of carboxylic acid groups (broad SMARTS) is 2. The molecular formula is C17H26Cl2N2O6. The molecule has 0 aliphatic rings. The summed E-state index contributed by atoms with van der Waals surface area (Å²) in [4.78, 5) is 20.5. The maximum absolute atomic E-state index is 9.87. The second-order valence-electron chi connectivity index (χ2n) is 5.38. The third-order valence-corrected chi connectivity index (χ3v) is 3.93. The molecule has 1 unspecified atom stereocenters. The molecule has 0 amide bonds. The molecule has 1 aromatic carbocycles. The SMILES string of the molecule is CCN(CC)CCNCC(O)COc1cc(Cl)ccc1Cl.O=C(O)C(=O)O. The highest BCUT2D eigenvalue weighted by atomic mass is 35.5. The number of carboxylic acids is 2. The Kier molecular flexibility index (Phi) is 13.6. The number of ether oxygens (including phenoxy) is 1. The van der Waals surface area contributed by atoms with E-state index >= 15 is 0 Å². The lowest BCUT2D eigenvalue weighted by atomic mass is 10.3. The van der Waals surface area contributed by atoms with Gasteiger partial charge >= 0.3 is 11.9 Å². The average Bonchev–Trinajstić information content (AvgIpc) is 2.63. The number of halogens is 2. The molecule has 0 saturated heterocycles. The Morgan fingerprint density at radius 2 is 1.78 bits per heavy atom. The van der Waals surface area contributed by atoms with Crippen LogP contribution < -0.4 is 10.1 Å². The van der Waals surface area contributed by atoms with Crippen molar-refractivity contribution in [1.29, 1.82) is 0 Å². The number of hydrogen-bond donors (Lipinski definition) is 4. The molecule has 0 aliphatic carbocycles. The van der Waals surface area contributed by atoms with Gasteiger partial charge in [-0.1, -0.05) is 37.0 Å². The number of nitrogens with one attached hydrogen (secondary N) is 1. The molecular weight excluding hydrogens is 399 g/mol. The van der Waals surface area contributed by atoms with Gasteiger partial charge in [-0.3, -0.25) is 0 Å². The Hall–Kier alpha value is -1.58. The highest BCUT2D eigenvalue weighted by molar-refractivity contribution is 6.34. The van der Waals surface area contributed by atoms with E-state index in [0.29, 0.717) is 22.3 Å². The fourth-order valence-electron chi connectivity index (χ4n) is 1.88. The van der Waals surface area contributed by atoms with E-state index in [9.17, 15) is 5.11 Å². The average molecular weight is 425 g/mol. The lowest BCUT2D eigenvalue weighted by Gasteiger charge is -2.19. The Morgan fingerprint density at radius 3 is 2.30 bits per heavy atom. The van der Waals surface area contributed by atoms with Crippen molar-refractivity contribution < 1.29 is 29.6 Å². The molecule has 1 atom stereocenters. The van der Waals surface area contributed by atoms with Crippen LogP contribution in [0.3, 0.4) is 0 Å². The van der Waals surface area contributed by atoms with Gasteiger partial charge in [-0.05, 0) is 25.2 Å². The van der Waals surface area contributed by atoms with Gasteiger partial charge in [0.15, 0.2) is 0 Å². The second-order valence-corrected chi connectivity index (χ2v) is 6.22. The van der Waals surface area contributed by atoms with Crippen LogP contribution in [0.1, 0.15) is 13.8 Å². The number of aliphatic carboxylic acids is 2. The molecule has 0 spiro atoms. The summed E-state index contributed by atoms with van der Waals surface area (Å²) in [7, 11) is 0. The number of carbonyl (C=O) groups is 2. The maximum Gasteiger partial charge on any atom is 0.414 e.